The van der Waals surface area contributed by atoms with Crippen LogP contribution in [0.4, 0.5) is 0 Å². The average Bonchev–Trinajstić information content (AvgIpc) is 2.49. The van der Waals surface area contributed by atoms with Crippen LogP contribution < -0.4 is 0 Å². The largest absolute Gasteiger partial charge is 0.390 e. The number of hydrogen-bond donors (Lipinski definition) is 2. The van der Waals surface area contributed by atoms with Crippen LogP contribution in [0.15, 0.2) is 35.4 Å². The zero-order chi connectivity index (χ0) is 17.3. The molecule has 4 rings (SSSR count). The molecule has 0 radical (unpaired) electrons. The average molecular weight is 326 g/mol. The molecule has 5 heteroatoms. The topological polar surface area (TPSA) is 91.7 Å². The maximum absolute atomic E-state index is 13.0. The maximum Gasteiger partial charge on any atom is 0.191 e. The summed E-state index contributed by atoms with van der Waals surface area (Å²) in [4.78, 5) is 38.4. The zero-order valence-corrected chi connectivity index (χ0v) is 13.3. The molecule has 0 heterocycles. The number of carbonyl (C=O) groups is 3. The fourth-order valence-electron chi connectivity index (χ4n) is 4.60. The van der Waals surface area contributed by atoms with Gasteiger partial charge in [0.25, 0.3) is 0 Å². The van der Waals surface area contributed by atoms with Crippen LogP contribution in [0, 0.1) is 5.92 Å². The minimum atomic E-state index is -1.47. The molecule has 0 bridgehead atoms. The summed E-state index contributed by atoms with van der Waals surface area (Å²) in [5, 5.41) is 21.3. The maximum atomic E-state index is 13.0. The number of Topliss-reactive ketones (excluding diaryl/α,β-unsaturated/α-hetero) is 3. The van der Waals surface area contributed by atoms with Crippen LogP contribution in [0.3, 0.4) is 0 Å². The van der Waals surface area contributed by atoms with Gasteiger partial charge in [-0.3, -0.25) is 14.4 Å². The highest BCUT2D eigenvalue weighted by molar-refractivity contribution is 6.28. The van der Waals surface area contributed by atoms with Crippen LogP contribution >= 0.6 is 0 Å². The molecular formula is C19H18O5. The zero-order valence-electron chi connectivity index (χ0n) is 13.3. The summed E-state index contributed by atoms with van der Waals surface area (Å²) in [6.07, 6.45) is 0.334. The van der Waals surface area contributed by atoms with Crippen molar-refractivity contribution in [1.29, 1.82) is 0 Å². The van der Waals surface area contributed by atoms with Gasteiger partial charge in [0.15, 0.2) is 11.6 Å². The second kappa shape index (κ2) is 4.71. The number of rotatable bonds is 0. The summed E-state index contributed by atoms with van der Waals surface area (Å²) in [5.74, 6) is -1.97. The standard InChI is InChI=1S/C19H18O5/c1-18(23)8-13(20)15-14-12(6-7-19(15,24)9-18)16(21)10-4-2-3-5-11(10)17(14)22/h2-5,15,23-24H,6-9H2,1H3/t15-,18-,19+/m0/s1. The van der Waals surface area contributed by atoms with E-state index in [1.54, 1.807) is 24.3 Å². The minimum Gasteiger partial charge on any atom is -0.390 e. The van der Waals surface area contributed by atoms with Crippen molar-refractivity contribution >= 4 is 17.3 Å². The van der Waals surface area contributed by atoms with Crippen LogP contribution in [-0.4, -0.2) is 38.8 Å². The van der Waals surface area contributed by atoms with E-state index in [0.29, 0.717) is 11.1 Å². The number of allylic oxidation sites excluding steroid dienone is 1. The number of aliphatic hydroxyl groups is 2. The molecule has 24 heavy (non-hydrogen) atoms. The van der Waals surface area contributed by atoms with Crippen molar-refractivity contribution in [2.45, 2.75) is 43.8 Å². The van der Waals surface area contributed by atoms with Gasteiger partial charge in [0.2, 0.25) is 0 Å². The predicted octanol–water partition coefficient (Wildman–Crippen LogP) is 1.62. The monoisotopic (exact) mass is 326 g/mol. The Morgan fingerprint density at radius 1 is 1.04 bits per heavy atom. The molecule has 0 unspecified atom stereocenters. The highest BCUT2D eigenvalue weighted by Gasteiger charge is 2.57. The summed E-state index contributed by atoms with van der Waals surface area (Å²) in [6.45, 7) is 1.52. The summed E-state index contributed by atoms with van der Waals surface area (Å²) >= 11 is 0. The number of hydrogen-bond acceptors (Lipinski definition) is 5. The van der Waals surface area contributed by atoms with Gasteiger partial charge in [0.1, 0.15) is 5.78 Å². The smallest absolute Gasteiger partial charge is 0.191 e. The lowest BCUT2D eigenvalue weighted by atomic mass is 9.58. The molecule has 0 spiro atoms. The first-order valence-corrected chi connectivity index (χ1v) is 8.12. The fourth-order valence-corrected chi connectivity index (χ4v) is 4.60. The van der Waals surface area contributed by atoms with Crippen LogP contribution in [-0.2, 0) is 4.79 Å². The van der Waals surface area contributed by atoms with Crippen molar-refractivity contribution < 1.29 is 24.6 Å². The molecular weight excluding hydrogens is 308 g/mol. The van der Waals surface area contributed by atoms with E-state index in [-0.39, 0.29) is 54.2 Å². The van der Waals surface area contributed by atoms with Crippen LogP contribution in [0.2, 0.25) is 0 Å². The third-order valence-electron chi connectivity index (χ3n) is 5.46. The summed E-state index contributed by atoms with van der Waals surface area (Å²) in [5.41, 5.74) is -1.62. The molecule has 3 aliphatic rings. The van der Waals surface area contributed by atoms with Gasteiger partial charge in [-0.25, -0.2) is 0 Å². The highest BCUT2D eigenvalue weighted by Crippen LogP contribution is 2.50. The van der Waals surface area contributed by atoms with Gasteiger partial charge in [-0.2, -0.15) is 0 Å². The van der Waals surface area contributed by atoms with Crippen molar-refractivity contribution in [2.75, 3.05) is 0 Å². The van der Waals surface area contributed by atoms with E-state index in [1.807, 2.05) is 0 Å². The molecule has 0 aliphatic heterocycles. The molecule has 3 atom stereocenters. The Labute approximate surface area is 139 Å². The van der Waals surface area contributed by atoms with Crippen molar-refractivity contribution in [3.63, 3.8) is 0 Å². The predicted molar refractivity (Wildman–Crippen MR) is 84.7 cm³/mol. The van der Waals surface area contributed by atoms with Crippen molar-refractivity contribution in [3.8, 4) is 0 Å². The molecule has 0 amide bonds. The number of benzene rings is 1. The van der Waals surface area contributed by atoms with Crippen molar-refractivity contribution in [1.82, 2.24) is 0 Å². The van der Waals surface area contributed by atoms with Crippen molar-refractivity contribution in [3.05, 3.63) is 46.5 Å². The minimum absolute atomic E-state index is 0.0241. The molecule has 2 N–H and O–H groups in total. The third-order valence-corrected chi connectivity index (χ3v) is 5.46. The Kier molecular flexibility index (Phi) is 3.03. The van der Waals surface area contributed by atoms with Gasteiger partial charge in [0, 0.05) is 35.1 Å². The molecule has 1 aromatic rings. The normalized spacial score (nSPS) is 35.5. The summed E-state index contributed by atoms with van der Waals surface area (Å²) in [6, 6.07) is 6.58. The second-order valence-electron chi connectivity index (χ2n) is 7.45. The Hall–Kier alpha value is -2.11. The SMILES string of the molecule is C[C@]1(O)CC(=O)[C@H]2C3=C(CC[C@@]2(O)C1)C(=O)c1ccccc1C3=O. The molecule has 0 saturated heterocycles. The van der Waals surface area contributed by atoms with E-state index in [0.717, 1.165) is 0 Å². The molecule has 124 valence electrons. The van der Waals surface area contributed by atoms with Crippen LogP contribution in [0.5, 0.6) is 0 Å². The lowest BCUT2D eigenvalue weighted by Gasteiger charge is -2.49. The summed E-state index contributed by atoms with van der Waals surface area (Å²) < 4.78 is 0. The summed E-state index contributed by atoms with van der Waals surface area (Å²) in [7, 11) is 0. The van der Waals surface area contributed by atoms with Gasteiger partial charge >= 0.3 is 0 Å². The highest BCUT2D eigenvalue weighted by atomic mass is 16.3. The Morgan fingerprint density at radius 2 is 1.67 bits per heavy atom. The Morgan fingerprint density at radius 3 is 2.33 bits per heavy atom. The van der Waals surface area contributed by atoms with E-state index in [9.17, 15) is 24.6 Å². The molecule has 1 aromatic carbocycles. The van der Waals surface area contributed by atoms with Gasteiger partial charge < -0.3 is 10.2 Å². The lowest BCUT2D eigenvalue weighted by molar-refractivity contribution is -0.156. The lowest BCUT2D eigenvalue weighted by Crippen LogP contribution is -2.58. The molecule has 1 saturated carbocycles. The van der Waals surface area contributed by atoms with Gasteiger partial charge in [-0.1, -0.05) is 24.3 Å². The first-order valence-electron chi connectivity index (χ1n) is 8.12. The quantitative estimate of drug-likeness (QED) is 0.756. The number of fused-ring (bicyclic) bond motifs is 3. The van der Waals surface area contributed by atoms with Crippen LogP contribution in [0.1, 0.15) is 53.3 Å². The molecule has 5 nitrogen and oxygen atoms in total. The number of ketones is 3. The molecule has 1 fully saturated rings. The Bertz CT molecular complexity index is 832. The first-order chi connectivity index (χ1) is 11.2. The molecule has 3 aliphatic carbocycles. The van der Waals surface area contributed by atoms with Crippen LogP contribution in [0.25, 0.3) is 0 Å². The molecule has 0 aromatic heterocycles. The number of carbonyl (C=O) groups excluding carboxylic acids is 3. The van der Waals surface area contributed by atoms with E-state index >= 15 is 0 Å². The van der Waals surface area contributed by atoms with Gasteiger partial charge in [-0.05, 0) is 19.8 Å². The van der Waals surface area contributed by atoms with Gasteiger partial charge in [0.05, 0.1) is 17.1 Å². The van der Waals surface area contributed by atoms with E-state index < -0.39 is 17.1 Å². The fraction of sp³-hybridized carbons (Fsp3) is 0.421. The third kappa shape index (κ3) is 1.98. The van der Waals surface area contributed by atoms with E-state index in [1.165, 1.54) is 6.92 Å². The first kappa shape index (κ1) is 15.4. The van der Waals surface area contributed by atoms with Crippen molar-refractivity contribution in [2.24, 2.45) is 5.92 Å². The second-order valence-corrected chi connectivity index (χ2v) is 7.45. The van der Waals surface area contributed by atoms with E-state index in [2.05, 4.69) is 0 Å². The van der Waals surface area contributed by atoms with E-state index in [4.69, 9.17) is 0 Å². The Balaban J connectivity index is 1.89. The van der Waals surface area contributed by atoms with Gasteiger partial charge in [-0.15, -0.1) is 0 Å².